The molecule has 0 fully saturated rings. The fraction of sp³-hybridized carbons (Fsp3) is 0.412. The van der Waals surface area contributed by atoms with E-state index in [4.69, 9.17) is 11.6 Å². The third-order valence-electron chi connectivity index (χ3n) is 3.33. The second kappa shape index (κ2) is 7.26. The van der Waals surface area contributed by atoms with Crippen molar-refractivity contribution in [2.75, 3.05) is 0 Å². The molecule has 1 atom stereocenters. The molecule has 20 heavy (non-hydrogen) atoms. The topological polar surface area (TPSA) is 12.0 Å². The molecule has 1 N–H and O–H groups in total. The van der Waals surface area contributed by atoms with Gasteiger partial charge in [0.2, 0.25) is 0 Å². The smallest absolute Gasteiger partial charge is 0.0516 e. The Balaban J connectivity index is 1.90. The summed E-state index contributed by atoms with van der Waals surface area (Å²) in [6.45, 7) is 7.58. The minimum atomic E-state index is 0.351. The fourth-order valence-corrected chi connectivity index (χ4v) is 3.26. The Hall–Kier alpha value is -0.830. The minimum Gasteiger partial charge on any atom is -0.305 e. The maximum atomic E-state index is 5.93. The van der Waals surface area contributed by atoms with Crippen molar-refractivity contribution in [3.05, 3.63) is 56.7 Å². The first kappa shape index (κ1) is 15.6. The Morgan fingerprint density at radius 2 is 1.85 bits per heavy atom. The van der Waals surface area contributed by atoms with Gasteiger partial charge in [0, 0.05) is 22.8 Å². The first-order valence-corrected chi connectivity index (χ1v) is 8.35. The molecule has 0 aliphatic carbocycles. The van der Waals surface area contributed by atoms with Gasteiger partial charge in [-0.25, -0.2) is 0 Å². The van der Waals surface area contributed by atoms with Crippen LogP contribution in [0.2, 0.25) is 5.02 Å². The van der Waals surface area contributed by atoms with Crippen LogP contribution in [0.4, 0.5) is 0 Å². The zero-order valence-electron chi connectivity index (χ0n) is 12.3. The molecular formula is C17H22ClNS. The van der Waals surface area contributed by atoms with Crippen molar-refractivity contribution in [3.8, 4) is 0 Å². The molecular weight excluding hydrogens is 286 g/mol. The van der Waals surface area contributed by atoms with Gasteiger partial charge in [0.05, 0.1) is 5.02 Å². The highest BCUT2D eigenvalue weighted by atomic mass is 35.5. The van der Waals surface area contributed by atoms with E-state index in [1.165, 1.54) is 16.0 Å². The molecule has 0 spiro atoms. The molecule has 1 aromatic carbocycles. The second-order valence-electron chi connectivity index (χ2n) is 5.67. The van der Waals surface area contributed by atoms with E-state index >= 15 is 0 Å². The standard InChI is InChI=1S/C17H22ClNS/c1-12(2)8-14-4-6-15(7-5-14)13(3)19-10-17-9-16(18)11-20-17/h4-7,9,11-13,19H,8,10H2,1-3H3. The van der Waals surface area contributed by atoms with Gasteiger partial charge >= 0.3 is 0 Å². The van der Waals surface area contributed by atoms with Crippen LogP contribution >= 0.6 is 22.9 Å². The Labute approximate surface area is 131 Å². The molecule has 3 heteroatoms. The molecule has 0 saturated carbocycles. The quantitative estimate of drug-likeness (QED) is 0.748. The summed E-state index contributed by atoms with van der Waals surface area (Å²) in [6, 6.07) is 11.3. The van der Waals surface area contributed by atoms with Gasteiger partial charge in [-0.1, -0.05) is 49.7 Å². The van der Waals surface area contributed by atoms with Gasteiger partial charge in [0.1, 0.15) is 0 Å². The van der Waals surface area contributed by atoms with Gasteiger partial charge in [-0.05, 0) is 36.5 Å². The number of benzene rings is 1. The zero-order valence-corrected chi connectivity index (χ0v) is 13.9. The summed E-state index contributed by atoms with van der Waals surface area (Å²) in [7, 11) is 0. The number of rotatable bonds is 6. The molecule has 2 aromatic rings. The second-order valence-corrected chi connectivity index (χ2v) is 7.11. The van der Waals surface area contributed by atoms with E-state index in [1.54, 1.807) is 11.3 Å². The van der Waals surface area contributed by atoms with E-state index in [-0.39, 0.29) is 0 Å². The SMILES string of the molecule is CC(C)Cc1ccc(C(C)NCc2cc(Cl)cs2)cc1. The van der Waals surface area contributed by atoms with E-state index in [1.807, 2.05) is 11.4 Å². The highest BCUT2D eigenvalue weighted by molar-refractivity contribution is 7.10. The van der Waals surface area contributed by atoms with Crippen LogP contribution in [0.5, 0.6) is 0 Å². The van der Waals surface area contributed by atoms with E-state index in [0.717, 1.165) is 18.0 Å². The lowest BCUT2D eigenvalue weighted by molar-refractivity contribution is 0.578. The van der Waals surface area contributed by atoms with Gasteiger partial charge in [0.15, 0.2) is 0 Å². The van der Waals surface area contributed by atoms with Crippen LogP contribution in [-0.2, 0) is 13.0 Å². The maximum Gasteiger partial charge on any atom is 0.0516 e. The number of thiophene rings is 1. The lowest BCUT2D eigenvalue weighted by atomic mass is 10.00. The number of hydrogen-bond acceptors (Lipinski definition) is 2. The summed E-state index contributed by atoms with van der Waals surface area (Å²) in [5, 5.41) is 6.35. The lowest BCUT2D eigenvalue weighted by Gasteiger charge is -2.14. The molecule has 0 bridgehead atoms. The number of halogens is 1. The van der Waals surface area contributed by atoms with Crippen molar-refractivity contribution in [3.63, 3.8) is 0 Å². The third-order valence-corrected chi connectivity index (χ3v) is 4.61. The molecule has 0 radical (unpaired) electrons. The molecule has 1 heterocycles. The first-order chi connectivity index (χ1) is 9.54. The molecule has 1 aromatic heterocycles. The van der Waals surface area contributed by atoms with Crippen molar-refractivity contribution in [1.29, 1.82) is 0 Å². The Kier molecular flexibility index (Phi) is 5.64. The predicted octanol–water partition coefficient (Wildman–Crippen LogP) is 5.45. The molecule has 0 aliphatic rings. The van der Waals surface area contributed by atoms with Crippen molar-refractivity contribution in [1.82, 2.24) is 5.32 Å². The van der Waals surface area contributed by atoms with Gasteiger partial charge in [-0.15, -0.1) is 11.3 Å². The molecule has 1 unspecified atom stereocenters. The summed E-state index contributed by atoms with van der Waals surface area (Å²) >= 11 is 7.64. The lowest BCUT2D eigenvalue weighted by Crippen LogP contribution is -2.17. The molecule has 108 valence electrons. The minimum absolute atomic E-state index is 0.351. The van der Waals surface area contributed by atoms with Crippen LogP contribution in [0.1, 0.15) is 42.8 Å². The molecule has 1 nitrogen and oxygen atoms in total. The van der Waals surface area contributed by atoms with Crippen LogP contribution < -0.4 is 5.32 Å². The molecule has 0 amide bonds. The number of hydrogen-bond donors (Lipinski definition) is 1. The van der Waals surface area contributed by atoms with Crippen molar-refractivity contribution < 1.29 is 0 Å². The van der Waals surface area contributed by atoms with Gasteiger partial charge in [-0.2, -0.15) is 0 Å². The zero-order chi connectivity index (χ0) is 14.5. The van der Waals surface area contributed by atoms with E-state index in [9.17, 15) is 0 Å². The van der Waals surface area contributed by atoms with Crippen molar-refractivity contribution in [2.45, 2.75) is 39.8 Å². The summed E-state index contributed by atoms with van der Waals surface area (Å²) in [4.78, 5) is 1.28. The maximum absolute atomic E-state index is 5.93. The van der Waals surface area contributed by atoms with Gasteiger partial charge < -0.3 is 5.32 Å². The summed E-state index contributed by atoms with van der Waals surface area (Å²) in [5.41, 5.74) is 2.75. The van der Waals surface area contributed by atoms with E-state index in [2.05, 4.69) is 50.4 Å². The van der Waals surface area contributed by atoms with Crippen LogP contribution in [-0.4, -0.2) is 0 Å². The van der Waals surface area contributed by atoms with E-state index in [0.29, 0.717) is 12.0 Å². The van der Waals surface area contributed by atoms with Crippen LogP contribution in [0.25, 0.3) is 0 Å². The largest absolute Gasteiger partial charge is 0.305 e. The summed E-state index contributed by atoms with van der Waals surface area (Å²) in [6.07, 6.45) is 1.15. The monoisotopic (exact) mass is 307 g/mol. The van der Waals surface area contributed by atoms with Crippen LogP contribution in [0, 0.1) is 5.92 Å². The van der Waals surface area contributed by atoms with Crippen molar-refractivity contribution in [2.24, 2.45) is 5.92 Å². The Bertz CT molecular complexity index is 530. The summed E-state index contributed by atoms with van der Waals surface area (Å²) in [5.74, 6) is 0.708. The van der Waals surface area contributed by atoms with Crippen LogP contribution in [0.15, 0.2) is 35.7 Å². The summed E-state index contributed by atoms with van der Waals surface area (Å²) < 4.78 is 0. The first-order valence-electron chi connectivity index (χ1n) is 7.09. The van der Waals surface area contributed by atoms with Crippen molar-refractivity contribution >= 4 is 22.9 Å². The Morgan fingerprint density at radius 1 is 1.15 bits per heavy atom. The van der Waals surface area contributed by atoms with E-state index < -0.39 is 0 Å². The highest BCUT2D eigenvalue weighted by Gasteiger charge is 2.06. The van der Waals surface area contributed by atoms with Crippen LogP contribution in [0.3, 0.4) is 0 Å². The molecule has 2 rings (SSSR count). The molecule has 0 saturated heterocycles. The Morgan fingerprint density at radius 3 is 2.40 bits per heavy atom. The number of nitrogens with one attached hydrogen (secondary N) is 1. The highest BCUT2D eigenvalue weighted by Crippen LogP contribution is 2.21. The third kappa shape index (κ3) is 4.62. The van der Waals surface area contributed by atoms with Gasteiger partial charge in [0.25, 0.3) is 0 Å². The van der Waals surface area contributed by atoms with Gasteiger partial charge in [-0.3, -0.25) is 0 Å². The molecule has 0 aliphatic heterocycles. The normalized spacial score (nSPS) is 12.8. The average Bonchev–Trinajstić information content (AvgIpc) is 2.82. The fourth-order valence-electron chi connectivity index (χ4n) is 2.23. The predicted molar refractivity (Wildman–Crippen MR) is 89.6 cm³/mol. The average molecular weight is 308 g/mol.